The zero-order chi connectivity index (χ0) is 11.9. The van der Waals surface area contributed by atoms with Crippen molar-refractivity contribution in [3.05, 3.63) is 0 Å². The van der Waals surface area contributed by atoms with Gasteiger partial charge < -0.3 is 14.2 Å². The minimum absolute atomic E-state index is 0.217. The second-order valence-corrected chi connectivity index (χ2v) is 2.85. The van der Waals surface area contributed by atoms with Crippen LogP contribution in [0.15, 0.2) is 0 Å². The lowest BCUT2D eigenvalue weighted by molar-refractivity contribution is -0.242. The van der Waals surface area contributed by atoms with Gasteiger partial charge in [-0.1, -0.05) is 6.92 Å². The molecule has 88 valence electrons. The van der Waals surface area contributed by atoms with Crippen LogP contribution < -0.4 is 0 Å². The summed E-state index contributed by atoms with van der Waals surface area (Å²) in [6.07, 6.45) is 0.221. The van der Waals surface area contributed by atoms with Crippen LogP contribution in [0.1, 0.15) is 34.1 Å². The van der Waals surface area contributed by atoms with Gasteiger partial charge >= 0.3 is 17.7 Å². The number of ether oxygens (including phenoxy) is 3. The molecule has 0 bridgehead atoms. The lowest BCUT2D eigenvalue weighted by Gasteiger charge is -2.28. The lowest BCUT2D eigenvalue weighted by atomic mass is 10.2. The summed E-state index contributed by atoms with van der Waals surface area (Å²) in [6, 6.07) is 0. The Morgan fingerprint density at radius 2 is 1.73 bits per heavy atom. The lowest BCUT2D eigenvalue weighted by Crippen LogP contribution is -2.46. The first kappa shape index (κ1) is 13.9. The Bertz CT molecular complexity index is 226. The predicted molar refractivity (Wildman–Crippen MR) is 53.0 cm³/mol. The molecule has 0 saturated heterocycles. The predicted octanol–water partition coefficient (Wildman–Crippen LogP) is 1.26. The molecule has 0 radical (unpaired) electrons. The van der Waals surface area contributed by atoms with Gasteiger partial charge in [-0.05, 0) is 13.8 Å². The summed E-state index contributed by atoms with van der Waals surface area (Å²) >= 11 is 0. The van der Waals surface area contributed by atoms with E-state index in [1.807, 2.05) is 0 Å². The Morgan fingerprint density at radius 1 is 1.13 bits per heavy atom. The van der Waals surface area contributed by atoms with Crippen LogP contribution in [-0.2, 0) is 23.8 Å². The summed E-state index contributed by atoms with van der Waals surface area (Å²) < 4.78 is 14.9. The Labute approximate surface area is 89.7 Å². The molecule has 1 unspecified atom stereocenters. The summed E-state index contributed by atoms with van der Waals surface area (Å²) in [4.78, 5) is 22.5. The van der Waals surface area contributed by atoms with Crippen molar-refractivity contribution in [3.8, 4) is 0 Å². The van der Waals surface area contributed by atoms with Crippen molar-refractivity contribution in [3.63, 3.8) is 0 Å². The molecule has 0 aliphatic heterocycles. The molecular weight excluding hydrogens is 200 g/mol. The Hall–Kier alpha value is -1.10. The molecule has 0 aliphatic rings. The molecule has 0 aromatic carbocycles. The van der Waals surface area contributed by atoms with Crippen LogP contribution >= 0.6 is 0 Å². The van der Waals surface area contributed by atoms with Crippen molar-refractivity contribution < 1.29 is 23.8 Å². The zero-order valence-electron chi connectivity index (χ0n) is 9.66. The van der Waals surface area contributed by atoms with E-state index in [0.29, 0.717) is 0 Å². The molecule has 0 heterocycles. The molecular formula is C10H18O5. The Morgan fingerprint density at radius 3 is 2.07 bits per heavy atom. The van der Waals surface area contributed by atoms with Gasteiger partial charge in [-0.2, -0.15) is 0 Å². The van der Waals surface area contributed by atoms with Crippen molar-refractivity contribution in [1.82, 2.24) is 0 Å². The molecule has 5 nitrogen and oxygen atoms in total. The minimum Gasteiger partial charge on any atom is -0.461 e. The summed E-state index contributed by atoms with van der Waals surface area (Å²) in [7, 11) is 0. The summed E-state index contributed by atoms with van der Waals surface area (Å²) in [6.45, 7) is 6.79. The van der Waals surface area contributed by atoms with Crippen LogP contribution in [0.2, 0.25) is 0 Å². The standard InChI is InChI=1S/C10H18O5/c1-5-10(14-7-3,15-8(4)11)9(12)13-6-2/h5-7H2,1-4H3. The minimum atomic E-state index is -1.59. The molecule has 0 aromatic heterocycles. The van der Waals surface area contributed by atoms with Gasteiger partial charge in [0.15, 0.2) is 0 Å². The molecule has 15 heavy (non-hydrogen) atoms. The van der Waals surface area contributed by atoms with E-state index in [1.165, 1.54) is 6.92 Å². The maximum atomic E-state index is 11.6. The first-order chi connectivity index (χ1) is 7.02. The number of carbonyl (C=O) groups is 2. The van der Waals surface area contributed by atoms with Gasteiger partial charge in [-0.3, -0.25) is 4.79 Å². The second kappa shape index (κ2) is 6.40. The van der Waals surface area contributed by atoms with E-state index in [0.717, 1.165) is 0 Å². The van der Waals surface area contributed by atoms with Crippen molar-refractivity contribution in [2.45, 2.75) is 39.9 Å². The first-order valence-electron chi connectivity index (χ1n) is 5.03. The molecule has 0 rings (SSSR count). The summed E-state index contributed by atoms with van der Waals surface area (Å²) in [5.74, 6) is -2.82. The molecule has 0 N–H and O–H groups in total. The van der Waals surface area contributed by atoms with Crippen molar-refractivity contribution >= 4 is 11.9 Å². The third-order valence-electron chi connectivity index (χ3n) is 1.74. The van der Waals surface area contributed by atoms with Crippen molar-refractivity contribution in [2.75, 3.05) is 13.2 Å². The number of rotatable bonds is 6. The van der Waals surface area contributed by atoms with Gasteiger partial charge in [0.25, 0.3) is 0 Å². The Kier molecular flexibility index (Phi) is 5.93. The molecule has 5 heteroatoms. The Balaban J connectivity index is 4.77. The normalized spacial score (nSPS) is 14.1. The highest BCUT2D eigenvalue weighted by molar-refractivity contribution is 5.81. The summed E-state index contributed by atoms with van der Waals surface area (Å²) in [5, 5.41) is 0. The molecule has 0 fully saturated rings. The number of carbonyl (C=O) groups excluding carboxylic acids is 2. The second-order valence-electron chi connectivity index (χ2n) is 2.85. The number of esters is 2. The molecule has 0 amide bonds. The van der Waals surface area contributed by atoms with E-state index in [2.05, 4.69) is 0 Å². The van der Waals surface area contributed by atoms with Gasteiger partial charge in [0.2, 0.25) is 0 Å². The highest BCUT2D eigenvalue weighted by atomic mass is 16.7. The van der Waals surface area contributed by atoms with E-state index >= 15 is 0 Å². The van der Waals surface area contributed by atoms with Crippen LogP contribution in [0.25, 0.3) is 0 Å². The maximum absolute atomic E-state index is 11.6. The van der Waals surface area contributed by atoms with Crippen LogP contribution in [0.4, 0.5) is 0 Å². The highest BCUT2D eigenvalue weighted by Crippen LogP contribution is 2.20. The van der Waals surface area contributed by atoms with Gasteiger partial charge in [-0.25, -0.2) is 4.79 Å². The zero-order valence-corrected chi connectivity index (χ0v) is 9.66. The SMILES string of the molecule is CCOC(=O)C(CC)(OCC)OC(C)=O. The third-order valence-corrected chi connectivity index (χ3v) is 1.74. The van der Waals surface area contributed by atoms with E-state index in [1.54, 1.807) is 20.8 Å². The molecule has 0 spiro atoms. The fraction of sp³-hybridized carbons (Fsp3) is 0.800. The van der Waals surface area contributed by atoms with Gasteiger partial charge in [0, 0.05) is 20.0 Å². The molecule has 0 saturated carbocycles. The van der Waals surface area contributed by atoms with Crippen LogP contribution in [0, 0.1) is 0 Å². The van der Waals surface area contributed by atoms with E-state index in [-0.39, 0.29) is 19.6 Å². The van der Waals surface area contributed by atoms with Gasteiger partial charge in [0.1, 0.15) is 0 Å². The van der Waals surface area contributed by atoms with Gasteiger partial charge in [0.05, 0.1) is 6.61 Å². The topological polar surface area (TPSA) is 61.8 Å². The maximum Gasteiger partial charge on any atom is 0.379 e. The fourth-order valence-corrected chi connectivity index (χ4v) is 1.16. The van der Waals surface area contributed by atoms with E-state index in [9.17, 15) is 9.59 Å². The highest BCUT2D eigenvalue weighted by Gasteiger charge is 2.43. The summed E-state index contributed by atoms with van der Waals surface area (Å²) in [5.41, 5.74) is 0. The average Bonchev–Trinajstić information content (AvgIpc) is 2.16. The average molecular weight is 218 g/mol. The molecule has 1 atom stereocenters. The third kappa shape index (κ3) is 3.87. The van der Waals surface area contributed by atoms with Crippen molar-refractivity contribution in [2.24, 2.45) is 0 Å². The molecule has 0 aromatic rings. The van der Waals surface area contributed by atoms with Crippen LogP contribution in [0.5, 0.6) is 0 Å². The fourth-order valence-electron chi connectivity index (χ4n) is 1.16. The smallest absolute Gasteiger partial charge is 0.379 e. The van der Waals surface area contributed by atoms with Crippen molar-refractivity contribution in [1.29, 1.82) is 0 Å². The first-order valence-corrected chi connectivity index (χ1v) is 5.03. The number of hydrogen-bond acceptors (Lipinski definition) is 5. The molecule has 0 aliphatic carbocycles. The largest absolute Gasteiger partial charge is 0.461 e. The van der Waals surface area contributed by atoms with E-state index < -0.39 is 17.7 Å². The monoisotopic (exact) mass is 218 g/mol. The van der Waals surface area contributed by atoms with Crippen LogP contribution in [0.3, 0.4) is 0 Å². The number of hydrogen-bond donors (Lipinski definition) is 0. The quantitative estimate of drug-likeness (QED) is 0.496. The van der Waals surface area contributed by atoms with Gasteiger partial charge in [-0.15, -0.1) is 0 Å². The van der Waals surface area contributed by atoms with E-state index in [4.69, 9.17) is 14.2 Å². The van der Waals surface area contributed by atoms with Crippen LogP contribution in [-0.4, -0.2) is 30.9 Å².